The van der Waals surface area contributed by atoms with E-state index in [1.807, 2.05) is 60.9 Å². The van der Waals surface area contributed by atoms with Crippen LogP contribution in [0.2, 0.25) is 0 Å². The Kier molecular flexibility index (Phi) is 6.03. The van der Waals surface area contributed by atoms with Crippen molar-refractivity contribution in [3.63, 3.8) is 0 Å². The number of amides is 1. The fourth-order valence-corrected chi connectivity index (χ4v) is 5.03. The predicted molar refractivity (Wildman–Crippen MR) is 143 cm³/mol. The minimum absolute atomic E-state index is 0.178. The zero-order valence-corrected chi connectivity index (χ0v) is 20.0. The molecule has 2 N–H and O–H groups in total. The summed E-state index contributed by atoms with van der Waals surface area (Å²) in [4.78, 5) is 24.7. The minimum Gasteiger partial charge on any atom is -0.374 e. The van der Waals surface area contributed by atoms with Gasteiger partial charge in [0.1, 0.15) is 0 Å². The van der Waals surface area contributed by atoms with Gasteiger partial charge < -0.3 is 10.2 Å². The fourth-order valence-electron chi connectivity index (χ4n) is 5.03. The number of likely N-dealkylation sites (tertiary alicyclic amines) is 1. The molecule has 6 rings (SSSR count). The number of benzene rings is 2. The second-order valence-corrected chi connectivity index (χ2v) is 9.41. The molecule has 0 spiro atoms. The average Bonchev–Trinajstić information content (AvgIpc) is 3.38. The molecule has 4 heterocycles. The molecule has 1 amide bonds. The van der Waals surface area contributed by atoms with Crippen LogP contribution in [0.4, 0.5) is 5.69 Å². The van der Waals surface area contributed by atoms with Gasteiger partial charge in [0.2, 0.25) is 0 Å². The number of allylic oxidation sites excluding steroid dienone is 1. The summed E-state index contributed by atoms with van der Waals surface area (Å²) in [6, 6.07) is 19.9. The molecule has 2 aromatic heterocycles. The molecular formula is C29H28N6O. The van der Waals surface area contributed by atoms with Crippen LogP contribution in [0.3, 0.4) is 0 Å². The van der Waals surface area contributed by atoms with Crippen LogP contribution in [0.5, 0.6) is 0 Å². The topological polar surface area (TPSA) is 86.3 Å². The highest BCUT2D eigenvalue weighted by Gasteiger charge is 2.22. The molecule has 1 atom stereocenters. The first-order chi connectivity index (χ1) is 17.7. The summed E-state index contributed by atoms with van der Waals surface area (Å²) < 4.78 is 0. The maximum absolute atomic E-state index is 13.1. The third kappa shape index (κ3) is 4.52. The van der Waals surface area contributed by atoms with Gasteiger partial charge >= 0.3 is 0 Å². The number of fused-ring (bicyclic) bond motifs is 1. The van der Waals surface area contributed by atoms with Gasteiger partial charge in [-0.15, -0.1) is 0 Å². The number of pyridine rings is 1. The van der Waals surface area contributed by atoms with E-state index in [0.717, 1.165) is 47.2 Å². The molecule has 0 bridgehead atoms. The molecule has 4 aromatic rings. The Morgan fingerprint density at radius 1 is 1.00 bits per heavy atom. The molecular weight excluding hydrogens is 448 g/mol. The van der Waals surface area contributed by atoms with Crippen molar-refractivity contribution in [1.29, 1.82) is 0 Å². The van der Waals surface area contributed by atoms with Gasteiger partial charge in [-0.1, -0.05) is 36.4 Å². The van der Waals surface area contributed by atoms with Crippen molar-refractivity contribution in [2.75, 3.05) is 18.4 Å². The van der Waals surface area contributed by atoms with Crippen molar-refractivity contribution in [2.24, 2.45) is 4.99 Å². The van der Waals surface area contributed by atoms with Crippen LogP contribution >= 0.6 is 0 Å². The van der Waals surface area contributed by atoms with E-state index in [0.29, 0.717) is 11.4 Å². The third-order valence-corrected chi connectivity index (χ3v) is 7.00. The number of carbonyl (C=O) groups excluding carboxylic acids is 1. The summed E-state index contributed by atoms with van der Waals surface area (Å²) in [7, 11) is 0. The number of aliphatic imine (C=N–C) groups is 1. The number of H-pyrrole nitrogens is 1. The van der Waals surface area contributed by atoms with Crippen LogP contribution in [0, 0.1) is 0 Å². The molecule has 7 nitrogen and oxygen atoms in total. The van der Waals surface area contributed by atoms with Gasteiger partial charge in [-0.05, 0) is 49.1 Å². The average molecular weight is 477 g/mol. The highest BCUT2D eigenvalue weighted by atomic mass is 16.1. The SMILES string of the molecule is O=C(Nc1ccc(-c2ccccc2)nc1)c1n[nH]c2ccc(C3C=NC=C(N4CCCCC4)C3)cc12. The summed E-state index contributed by atoms with van der Waals surface area (Å²) in [6.07, 6.45) is 10.4. The Morgan fingerprint density at radius 3 is 2.67 bits per heavy atom. The van der Waals surface area contributed by atoms with Crippen LogP contribution in [0.1, 0.15) is 47.7 Å². The molecule has 180 valence electrons. The number of anilines is 1. The first kappa shape index (κ1) is 22.2. The number of nitrogens with zero attached hydrogens (tertiary/aromatic N) is 4. The maximum Gasteiger partial charge on any atom is 0.276 e. The van der Waals surface area contributed by atoms with Gasteiger partial charge in [-0.25, -0.2) is 0 Å². The number of nitrogens with one attached hydrogen (secondary N) is 2. The van der Waals surface area contributed by atoms with Gasteiger partial charge in [-0.3, -0.25) is 19.9 Å². The van der Waals surface area contributed by atoms with E-state index in [4.69, 9.17) is 0 Å². The standard InChI is InChI=1S/C29H28N6O/c36-29(32-23-10-12-26(31-18-23)20-7-3-1-4-8-20)28-25-16-21(9-11-27(25)33-34-28)22-15-24(19-30-17-22)35-13-5-2-6-14-35/h1,3-4,7-12,16-19,22H,2,5-6,13-15H2,(H,32,36)(H,33,34). The molecule has 1 fully saturated rings. The molecule has 0 saturated carbocycles. The highest BCUT2D eigenvalue weighted by Crippen LogP contribution is 2.31. The smallest absolute Gasteiger partial charge is 0.276 e. The predicted octanol–water partition coefficient (Wildman–Crippen LogP) is 5.76. The molecule has 2 aliphatic rings. The lowest BCUT2D eigenvalue weighted by molar-refractivity contribution is 0.102. The van der Waals surface area contributed by atoms with E-state index in [9.17, 15) is 4.79 Å². The molecule has 0 radical (unpaired) electrons. The second-order valence-electron chi connectivity index (χ2n) is 9.41. The van der Waals surface area contributed by atoms with E-state index in [-0.39, 0.29) is 11.8 Å². The first-order valence-corrected chi connectivity index (χ1v) is 12.5. The van der Waals surface area contributed by atoms with Gasteiger partial charge in [0.05, 0.1) is 23.1 Å². The Morgan fingerprint density at radius 2 is 1.86 bits per heavy atom. The normalized spacial score (nSPS) is 17.7. The maximum atomic E-state index is 13.1. The van der Waals surface area contributed by atoms with Crippen LogP contribution in [0.25, 0.3) is 22.2 Å². The molecule has 0 aliphatic carbocycles. The van der Waals surface area contributed by atoms with Crippen molar-refractivity contribution < 1.29 is 4.79 Å². The number of hydrogen-bond donors (Lipinski definition) is 2. The molecule has 2 aromatic carbocycles. The van der Waals surface area contributed by atoms with E-state index in [1.54, 1.807) is 6.20 Å². The molecule has 36 heavy (non-hydrogen) atoms. The largest absolute Gasteiger partial charge is 0.374 e. The summed E-state index contributed by atoms with van der Waals surface area (Å²) >= 11 is 0. The molecule has 2 aliphatic heterocycles. The van der Waals surface area contributed by atoms with Gasteiger partial charge in [0.25, 0.3) is 5.91 Å². The van der Waals surface area contributed by atoms with Crippen LogP contribution in [-0.2, 0) is 0 Å². The lowest BCUT2D eigenvalue weighted by Gasteiger charge is -2.33. The Bertz CT molecular complexity index is 1430. The van der Waals surface area contributed by atoms with Crippen LogP contribution < -0.4 is 5.32 Å². The van der Waals surface area contributed by atoms with E-state index < -0.39 is 0 Å². The minimum atomic E-state index is -0.265. The molecule has 1 saturated heterocycles. The summed E-state index contributed by atoms with van der Waals surface area (Å²) in [5, 5.41) is 11.1. The quantitative estimate of drug-likeness (QED) is 0.383. The second kappa shape index (κ2) is 9.77. The van der Waals surface area contributed by atoms with E-state index >= 15 is 0 Å². The van der Waals surface area contributed by atoms with E-state index in [1.165, 1.54) is 25.0 Å². The van der Waals surface area contributed by atoms with Crippen molar-refractivity contribution in [3.8, 4) is 11.3 Å². The summed E-state index contributed by atoms with van der Waals surface area (Å²) in [5.41, 5.74) is 6.17. The summed E-state index contributed by atoms with van der Waals surface area (Å²) in [6.45, 7) is 2.22. The lowest BCUT2D eigenvalue weighted by Crippen LogP contribution is -2.30. The number of rotatable bonds is 5. The fraction of sp³-hybridized carbons (Fsp3) is 0.241. The Labute approximate surface area is 210 Å². The molecule has 7 heteroatoms. The number of hydrogen-bond acceptors (Lipinski definition) is 5. The number of carbonyl (C=O) groups is 1. The van der Waals surface area contributed by atoms with Gasteiger partial charge in [-0.2, -0.15) is 5.10 Å². The van der Waals surface area contributed by atoms with Crippen LogP contribution in [-0.4, -0.2) is 45.3 Å². The Hall–Kier alpha value is -4.26. The van der Waals surface area contributed by atoms with E-state index in [2.05, 4.69) is 42.5 Å². The zero-order valence-electron chi connectivity index (χ0n) is 20.0. The third-order valence-electron chi connectivity index (χ3n) is 7.00. The zero-order chi connectivity index (χ0) is 24.3. The number of aromatic nitrogens is 3. The van der Waals surface area contributed by atoms with Crippen LogP contribution in [0.15, 0.2) is 83.7 Å². The van der Waals surface area contributed by atoms with Crippen molar-refractivity contribution >= 4 is 28.7 Å². The summed E-state index contributed by atoms with van der Waals surface area (Å²) in [5.74, 6) is -0.0873. The lowest BCUT2D eigenvalue weighted by atomic mass is 9.92. The molecule has 1 unspecified atom stereocenters. The monoisotopic (exact) mass is 476 g/mol. The van der Waals surface area contributed by atoms with Gasteiger partial charge in [0.15, 0.2) is 5.69 Å². The van der Waals surface area contributed by atoms with Crippen molar-refractivity contribution in [1.82, 2.24) is 20.1 Å². The van der Waals surface area contributed by atoms with Crippen molar-refractivity contribution in [2.45, 2.75) is 31.6 Å². The highest BCUT2D eigenvalue weighted by molar-refractivity contribution is 6.11. The van der Waals surface area contributed by atoms with Gasteiger partial charge in [0, 0.05) is 54.5 Å². The number of aromatic amines is 1. The Balaban J connectivity index is 1.19. The number of piperidine rings is 1. The van der Waals surface area contributed by atoms with Crippen molar-refractivity contribution in [3.05, 3.63) is 90.0 Å². The first-order valence-electron chi connectivity index (χ1n) is 12.5.